The maximum atomic E-state index is 2.42. The van der Waals surface area contributed by atoms with E-state index in [2.05, 4.69) is 37.3 Å². The normalized spacial score (nSPS) is 22.5. The molecule has 0 heterocycles. The molecule has 72 valence electrons. The maximum absolute atomic E-state index is 2.42. The van der Waals surface area contributed by atoms with E-state index in [9.17, 15) is 0 Å². The third-order valence-electron chi connectivity index (χ3n) is 3.77. The van der Waals surface area contributed by atoms with Crippen LogP contribution in [-0.4, -0.2) is 0 Å². The van der Waals surface area contributed by atoms with Gasteiger partial charge in [0.1, 0.15) is 0 Å². The second-order valence-electron chi connectivity index (χ2n) is 4.87. The van der Waals surface area contributed by atoms with Crippen LogP contribution in [0.3, 0.4) is 0 Å². The van der Waals surface area contributed by atoms with Gasteiger partial charge < -0.3 is 0 Å². The lowest BCUT2D eigenvalue weighted by Crippen LogP contribution is -2.31. The zero-order chi connectivity index (χ0) is 9.60. The van der Waals surface area contributed by atoms with Crippen molar-refractivity contribution in [3.8, 4) is 0 Å². The first kappa shape index (κ1) is 8.28. The first-order valence-electron chi connectivity index (χ1n) is 5.58. The van der Waals surface area contributed by atoms with Crippen LogP contribution in [0.1, 0.15) is 32.6 Å². The van der Waals surface area contributed by atoms with Crippen LogP contribution in [0.4, 0.5) is 0 Å². The molecule has 0 radical (unpaired) electrons. The minimum atomic E-state index is 0.560. The van der Waals surface area contributed by atoms with E-state index >= 15 is 0 Å². The molecule has 0 aromatic heterocycles. The fourth-order valence-electron chi connectivity index (χ4n) is 2.57. The summed E-state index contributed by atoms with van der Waals surface area (Å²) in [5.74, 6) is 0. The van der Waals surface area contributed by atoms with Gasteiger partial charge in [-0.3, -0.25) is 0 Å². The van der Waals surface area contributed by atoms with Gasteiger partial charge in [-0.05, 0) is 41.5 Å². The second-order valence-corrected chi connectivity index (χ2v) is 4.87. The summed E-state index contributed by atoms with van der Waals surface area (Å²) in [7, 11) is 0. The van der Waals surface area contributed by atoms with Crippen LogP contribution in [0.5, 0.6) is 0 Å². The van der Waals surface area contributed by atoms with Gasteiger partial charge in [0, 0.05) is 0 Å². The monoisotopic (exact) mass is 184 g/mol. The maximum Gasteiger partial charge on any atom is -0.0106 e. The average Bonchev–Trinajstić information content (AvgIpc) is 2.97. The van der Waals surface area contributed by atoms with Crippen molar-refractivity contribution in [2.45, 2.75) is 32.6 Å². The molecule has 0 nitrogen and oxygen atoms in total. The van der Waals surface area contributed by atoms with Gasteiger partial charge in [0.15, 0.2) is 0 Å². The number of rotatable bonds is 1. The van der Waals surface area contributed by atoms with E-state index in [0.717, 1.165) is 0 Å². The van der Waals surface area contributed by atoms with Crippen molar-refractivity contribution in [3.05, 3.63) is 34.7 Å². The van der Waals surface area contributed by atoms with Crippen LogP contribution >= 0.6 is 0 Å². The number of fused-ring (bicyclic) bond motifs is 1. The molecule has 0 bridgehead atoms. The fraction of sp³-hybridized carbons (Fsp3) is 0.429. The standard InChI is InChI=1S/C14H16/c1-14(9-10-14)13-8-4-6-11-5-2-3-7-12(11)13/h2-3,5-7H,4,8-10H2,1H3. The second kappa shape index (κ2) is 2.73. The van der Waals surface area contributed by atoms with Crippen LogP contribution in [-0.2, 0) is 0 Å². The molecule has 1 fully saturated rings. The summed E-state index contributed by atoms with van der Waals surface area (Å²) in [5.41, 5.74) is 2.28. The third-order valence-corrected chi connectivity index (χ3v) is 3.77. The lowest BCUT2D eigenvalue weighted by molar-refractivity contribution is 0.726. The Hall–Kier alpha value is -1.04. The predicted molar refractivity (Wildman–Crippen MR) is 60.1 cm³/mol. The predicted octanol–water partition coefficient (Wildman–Crippen LogP) is 2.21. The Kier molecular flexibility index (Phi) is 1.61. The quantitative estimate of drug-likeness (QED) is 0.627. The molecule has 1 aromatic rings. The van der Waals surface area contributed by atoms with Crippen LogP contribution in [0.15, 0.2) is 24.3 Å². The first-order chi connectivity index (χ1) is 6.80. The summed E-state index contributed by atoms with van der Waals surface area (Å²) in [6, 6.07) is 8.86. The molecule has 0 unspecified atom stereocenters. The molecule has 1 saturated carbocycles. The van der Waals surface area contributed by atoms with E-state index < -0.39 is 0 Å². The summed E-state index contributed by atoms with van der Waals surface area (Å²) < 4.78 is 0. The molecule has 14 heavy (non-hydrogen) atoms. The zero-order valence-corrected chi connectivity index (χ0v) is 8.72. The summed E-state index contributed by atoms with van der Waals surface area (Å²) in [4.78, 5) is 0. The topological polar surface area (TPSA) is 0 Å². The zero-order valence-electron chi connectivity index (χ0n) is 8.72. The van der Waals surface area contributed by atoms with Gasteiger partial charge in [0.2, 0.25) is 0 Å². The molecule has 0 amide bonds. The number of hydrogen-bond donors (Lipinski definition) is 0. The molecular formula is C14H16. The Balaban J connectivity index is 2.34. The van der Waals surface area contributed by atoms with E-state index in [1.807, 2.05) is 0 Å². The van der Waals surface area contributed by atoms with E-state index in [0.29, 0.717) is 5.41 Å². The fourth-order valence-corrected chi connectivity index (χ4v) is 2.57. The Morgan fingerprint density at radius 3 is 2.71 bits per heavy atom. The minimum Gasteiger partial charge on any atom is -0.0763 e. The van der Waals surface area contributed by atoms with Gasteiger partial charge in [-0.25, -0.2) is 0 Å². The van der Waals surface area contributed by atoms with Gasteiger partial charge in [0.05, 0.1) is 0 Å². The van der Waals surface area contributed by atoms with Gasteiger partial charge in [-0.1, -0.05) is 42.8 Å². The van der Waals surface area contributed by atoms with Crippen LogP contribution < -0.4 is 10.4 Å². The average molecular weight is 184 g/mol. The Morgan fingerprint density at radius 2 is 1.93 bits per heavy atom. The van der Waals surface area contributed by atoms with Crippen molar-refractivity contribution < 1.29 is 0 Å². The molecular weight excluding hydrogens is 168 g/mol. The van der Waals surface area contributed by atoms with Crippen molar-refractivity contribution in [1.82, 2.24) is 0 Å². The summed E-state index contributed by atoms with van der Waals surface area (Å²) in [5, 5.41) is 2.99. The van der Waals surface area contributed by atoms with E-state index in [1.54, 1.807) is 5.57 Å². The van der Waals surface area contributed by atoms with Crippen LogP contribution in [0, 0.1) is 5.41 Å². The van der Waals surface area contributed by atoms with Crippen molar-refractivity contribution in [2.75, 3.05) is 0 Å². The summed E-state index contributed by atoms with van der Waals surface area (Å²) in [6.45, 7) is 2.42. The highest BCUT2D eigenvalue weighted by atomic mass is 14.4. The van der Waals surface area contributed by atoms with Crippen LogP contribution in [0.2, 0.25) is 0 Å². The highest BCUT2D eigenvalue weighted by Gasteiger charge is 2.40. The molecule has 3 rings (SSSR count). The smallest absolute Gasteiger partial charge is 0.0106 e. The summed E-state index contributed by atoms with van der Waals surface area (Å²) in [6.07, 6.45) is 7.70. The molecule has 0 aliphatic heterocycles. The SMILES string of the molecule is CC1(C2=c3ccccc3=CCC2)CC1. The number of benzene rings is 1. The molecule has 2 aliphatic rings. The molecule has 0 heteroatoms. The lowest BCUT2D eigenvalue weighted by Gasteiger charge is -2.17. The van der Waals surface area contributed by atoms with Crippen molar-refractivity contribution in [2.24, 2.45) is 5.41 Å². The van der Waals surface area contributed by atoms with Gasteiger partial charge in [0.25, 0.3) is 0 Å². The van der Waals surface area contributed by atoms with Crippen molar-refractivity contribution in [3.63, 3.8) is 0 Å². The molecule has 0 spiro atoms. The molecule has 0 atom stereocenters. The van der Waals surface area contributed by atoms with Gasteiger partial charge >= 0.3 is 0 Å². The first-order valence-corrected chi connectivity index (χ1v) is 5.58. The van der Waals surface area contributed by atoms with Gasteiger partial charge in [-0.2, -0.15) is 0 Å². The largest absolute Gasteiger partial charge is 0.0763 e. The van der Waals surface area contributed by atoms with E-state index in [4.69, 9.17) is 0 Å². The van der Waals surface area contributed by atoms with E-state index in [-0.39, 0.29) is 0 Å². The highest BCUT2D eigenvalue weighted by molar-refractivity contribution is 5.59. The van der Waals surface area contributed by atoms with Crippen molar-refractivity contribution >= 4 is 11.6 Å². The molecule has 1 aromatic carbocycles. The Labute approximate surface area is 85.0 Å². The summed E-state index contributed by atoms with van der Waals surface area (Å²) >= 11 is 0. The minimum absolute atomic E-state index is 0.560. The molecule has 0 saturated heterocycles. The van der Waals surface area contributed by atoms with Crippen LogP contribution in [0.25, 0.3) is 11.6 Å². The molecule has 0 N–H and O–H groups in total. The Bertz CT molecular complexity index is 475. The van der Waals surface area contributed by atoms with Crippen molar-refractivity contribution in [1.29, 1.82) is 0 Å². The number of hydrogen-bond acceptors (Lipinski definition) is 0. The Morgan fingerprint density at radius 1 is 1.14 bits per heavy atom. The molecule has 2 aliphatic carbocycles. The van der Waals surface area contributed by atoms with Gasteiger partial charge in [-0.15, -0.1) is 0 Å². The van der Waals surface area contributed by atoms with E-state index in [1.165, 1.54) is 36.1 Å². The third kappa shape index (κ3) is 1.13. The highest BCUT2D eigenvalue weighted by Crippen LogP contribution is 2.53. The lowest BCUT2D eigenvalue weighted by atomic mass is 9.88.